The van der Waals surface area contributed by atoms with Gasteiger partial charge in [-0.3, -0.25) is 4.90 Å². The largest absolute Gasteiger partial charge is 0.396 e. The molecule has 0 saturated carbocycles. The number of aliphatic hydroxyl groups excluding tert-OH is 1. The van der Waals surface area contributed by atoms with Crippen molar-refractivity contribution in [2.75, 3.05) is 19.7 Å². The summed E-state index contributed by atoms with van der Waals surface area (Å²) in [5.74, 6) is 6.42. The van der Waals surface area contributed by atoms with E-state index in [1.165, 1.54) is 12.8 Å². The molecule has 1 aliphatic heterocycles. The quantitative estimate of drug-likeness (QED) is 0.856. The maximum absolute atomic E-state index is 8.90. The van der Waals surface area contributed by atoms with E-state index in [1.807, 2.05) is 24.3 Å². The van der Waals surface area contributed by atoms with Crippen molar-refractivity contribution in [1.29, 1.82) is 0 Å². The molecule has 0 bridgehead atoms. The zero-order valence-corrected chi connectivity index (χ0v) is 11.9. The highest BCUT2D eigenvalue weighted by atomic mass is 35.5. The van der Waals surface area contributed by atoms with Gasteiger partial charge in [-0.05, 0) is 56.5 Å². The molecule has 1 aromatic rings. The summed E-state index contributed by atoms with van der Waals surface area (Å²) in [6.45, 7) is 2.24. The van der Waals surface area contributed by atoms with Gasteiger partial charge in [0.2, 0.25) is 0 Å². The van der Waals surface area contributed by atoms with E-state index in [0.717, 1.165) is 36.5 Å². The number of halogens is 1. The lowest BCUT2D eigenvalue weighted by Gasteiger charge is -2.21. The molecular formula is C16H20ClNO. The predicted molar refractivity (Wildman–Crippen MR) is 79.2 cm³/mol. The molecule has 1 aromatic carbocycles. The molecule has 1 unspecified atom stereocenters. The number of hydrogen-bond acceptors (Lipinski definition) is 2. The molecule has 1 heterocycles. The van der Waals surface area contributed by atoms with E-state index < -0.39 is 0 Å². The second-order valence-electron chi connectivity index (χ2n) is 4.94. The van der Waals surface area contributed by atoms with Gasteiger partial charge in [-0.1, -0.05) is 23.4 Å². The van der Waals surface area contributed by atoms with Gasteiger partial charge in [-0.25, -0.2) is 0 Å². The SMILES string of the molecule is OCCCC1CCCN1CC#Cc1ccc(Cl)cc1. The third kappa shape index (κ3) is 4.54. The smallest absolute Gasteiger partial charge is 0.0607 e. The Hall–Kier alpha value is -1.01. The molecule has 0 aliphatic carbocycles. The van der Waals surface area contributed by atoms with Crippen molar-refractivity contribution in [3.63, 3.8) is 0 Å². The van der Waals surface area contributed by atoms with E-state index in [0.29, 0.717) is 12.6 Å². The molecule has 1 atom stereocenters. The van der Waals surface area contributed by atoms with E-state index in [1.54, 1.807) is 0 Å². The molecule has 0 spiro atoms. The monoisotopic (exact) mass is 277 g/mol. The van der Waals surface area contributed by atoms with Crippen LogP contribution in [0.2, 0.25) is 5.02 Å². The minimum atomic E-state index is 0.292. The zero-order chi connectivity index (χ0) is 13.5. The van der Waals surface area contributed by atoms with Crippen LogP contribution < -0.4 is 0 Å². The Kier molecular flexibility index (Phi) is 5.72. The molecule has 19 heavy (non-hydrogen) atoms. The van der Waals surface area contributed by atoms with Crippen molar-refractivity contribution >= 4 is 11.6 Å². The van der Waals surface area contributed by atoms with E-state index in [2.05, 4.69) is 16.7 Å². The van der Waals surface area contributed by atoms with Crippen molar-refractivity contribution in [2.45, 2.75) is 31.7 Å². The number of hydrogen-bond donors (Lipinski definition) is 1. The Balaban J connectivity index is 1.86. The Morgan fingerprint density at radius 3 is 2.84 bits per heavy atom. The van der Waals surface area contributed by atoms with Crippen molar-refractivity contribution in [2.24, 2.45) is 0 Å². The summed E-state index contributed by atoms with van der Waals surface area (Å²) in [7, 11) is 0. The van der Waals surface area contributed by atoms with Gasteiger partial charge >= 0.3 is 0 Å². The Morgan fingerprint density at radius 2 is 2.11 bits per heavy atom. The highest BCUT2D eigenvalue weighted by molar-refractivity contribution is 6.30. The molecule has 2 nitrogen and oxygen atoms in total. The second kappa shape index (κ2) is 7.55. The van der Waals surface area contributed by atoms with Gasteiger partial charge in [-0.15, -0.1) is 0 Å². The first kappa shape index (κ1) is 14.4. The Labute approximate surface area is 120 Å². The molecule has 0 radical (unpaired) electrons. The molecule has 102 valence electrons. The van der Waals surface area contributed by atoms with Crippen LogP contribution in [0.15, 0.2) is 24.3 Å². The van der Waals surface area contributed by atoms with Crippen LogP contribution in [-0.4, -0.2) is 35.7 Å². The first-order chi connectivity index (χ1) is 9.29. The maximum Gasteiger partial charge on any atom is 0.0607 e. The van der Waals surface area contributed by atoms with Crippen LogP contribution in [0.1, 0.15) is 31.2 Å². The molecule has 1 aliphatic rings. The fourth-order valence-corrected chi connectivity index (χ4v) is 2.66. The molecule has 1 N–H and O–H groups in total. The van der Waals surface area contributed by atoms with Crippen LogP contribution in [-0.2, 0) is 0 Å². The fraction of sp³-hybridized carbons (Fsp3) is 0.500. The summed E-state index contributed by atoms with van der Waals surface area (Å²) >= 11 is 5.84. The number of nitrogens with zero attached hydrogens (tertiary/aromatic N) is 1. The lowest BCUT2D eigenvalue weighted by molar-refractivity contribution is 0.232. The highest BCUT2D eigenvalue weighted by Crippen LogP contribution is 2.20. The normalized spacial score (nSPS) is 19.2. The third-order valence-electron chi connectivity index (χ3n) is 3.55. The van der Waals surface area contributed by atoms with Gasteiger partial charge in [0, 0.05) is 23.2 Å². The summed E-state index contributed by atoms with van der Waals surface area (Å²) in [6, 6.07) is 8.23. The fourth-order valence-electron chi connectivity index (χ4n) is 2.53. The summed E-state index contributed by atoms with van der Waals surface area (Å²) < 4.78 is 0. The summed E-state index contributed by atoms with van der Waals surface area (Å²) in [5.41, 5.74) is 1.01. The Bertz CT molecular complexity index is 446. The van der Waals surface area contributed by atoms with Crippen LogP contribution >= 0.6 is 11.6 Å². The second-order valence-corrected chi connectivity index (χ2v) is 5.38. The molecule has 0 amide bonds. The van der Waals surface area contributed by atoms with E-state index in [9.17, 15) is 0 Å². The summed E-state index contributed by atoms with van der Waals surface area (Å²) in [6.07, 6.45) is 4.46. The summed E-state index contributed by atoms with van der Waals surface area (Å²) in [5, 5.41) is 9.65. The molecule has 3 heteroatoms. The topological polar surface area (TPSA) is 23.5 Å². The lowest BCUT2D eigenvalue weighted by Crippen LogP contribution is -2.29. The van der Waals surface area contributed by atoms with Crippen molar-refractivity contribution in [1.82, 2.24) is 4.90 Å². The maximum atomic E-state index is 8.90. The molecular weight excluding hydrogens is 258 g/mol. The minimum Gasteiger partial charge on any atom is -0.396 e. The van der Waals surface area contributed by atoms with Gasteiger partial charge < -0.3 is 5.11 Å². The first-order valence-corrected chi connectivity index (χ1v) is 7.27. The van der Waals surface area contributed by atoms with Crippen molar-refractivity contribution in [3.8, 4) is 11.8 Å². The van der Waals surface area contributed by atoms with Gasteiger partial charge in [0.05, 0.1) is 6.54 Å². The van der Waals surface area contributed by atoms with E-state index in [-0.39, 0.29) is 0 Å². The van der Waals surface area contributed by atoms with Crippen LogP contribution in [0, 0.1) is 11.8 Å². The third-order valence-corrected chi connectivity index (χ3v) is 3.81. The van der Waals surface area contributed by atoms with E-state index >= 15 is 0 Å². The molecule has 2 rings (SSSR count). The van der Waals surface area contributed by atoms with Crippen LogP contribution in [0.4, 0.5) is 0 Å². The molecule has 1 fully saturated rings. The minimum absolute atomic E-state index is 0.292. The van der Waals surface area contributed by atoms with Gasteiger partial charge in [-0.2, -0.15) is 0 Å². The summed E-state index contributed by atoms with van der Waals surface area (Å²) in [4.78, 5) is 2.43. The van der Waals surface area contributed by atoms with Crippen molar-refractivity contribution in [3.05, 3.63) is 34.9 Å². The van der Waals surface area contributed by atoms with Gasteiger partial charge in [0.15, 0.2) is 0 Å². The van der Waals surface area contributed by atoms with E-state index in [4.69, 9.17) is 16.7 Å². The van der Waals surface area contributed by atoms with Gasteiger partial charge in [0.1, 0.15) is 0 Å². The Morgan fingerprint density at radius 1 is 1.32 bits per heavy atom. The standard InChI is InChI=1S/C16H20ClNO/c17-15-9-7-14(8-10-15)4-1-11-18-12-2-5-16(18)6-3-13-19/h7-10,16,19H,2-3,5-6,11-13H2. The van der Waals surface area contributed by atoms with Crippen LogP contribution in [0.25, 0.3) is 0 Å². The zero-order valence-electron chi connectivity index (χ0n) is 11.1. The van der Waals surface area contributed by atoms with Crippen LogP contribution in [0.3, 0.4) is 0 Å². The first-order valence-electron chi connectivity index (χ1n) is 6.89. The average molecular weight is 278 g/mol. The van der Waals surface area contributed by atoms with Crippen LogP contribution in [0.5, 0.6) is 0 Å². The molecule has 0 aromatic heterocycles. The predicted octanol–water partition coefficient (Wildman–Crippen LogP) is 2.93. The van der Waals surface area contributed by atoms with Crippen molar-refractivity contribution < 1.29 is 5.11 Å². The number of benzene rings is 1. The van der Waals surface area contributed by atoms with Gasteiger partial charge in [0.25, 0.3) is 0 Å². The average Bonchev–Trinajstić information content (AvgIpc) is 2.86. The number of rotatable bonds is 4. The molecule has 1 saturated heterocycles. The lowest BCUT2D eigenvalue weighted by atomic mass is 10.1. The number of aliphatic hydroxyl groups is 1. The number of likely N-dealkylation sites (tertiary alicyclic amines) is 1. The highest BCUT2D eigenvalue weighted by Gasteiger charge is 2.22.